The Labute approximate surface area is 321 Å². The normalized spacial score (nSPS) is 21.4. The maximum Gasteiger partial charge on any atom is 0.397 e. The van der Waals surface area contributed by atoms with E-state index in [2.05, 4.69) is 30.2 Å². The van der Waals surface area contributed by atoms with Crippen molar-refractivity contribution >= 4 is 16.4 Å². The SMILES string of the molecule is CCCCCCCC/C=C\CCCCCCCCCCOCC(COC1OC(CO)C(O)C(OS(=O)(=O)O)C1O)OC(=O)CCCCCCCCCC. The molecule has 1 aliphatic rings. The van der Waals surface area contributed by atoms with Gasteiger partial charge in [0.2, 0.25) is 0 Å². The molecule has 0 aromatic heterocycles. The number of hydrogen-bond donors (Lipinski definition) is 4. The van der Waals surface area contributed by atoms with Crippen molar-refractivity contribution < 1.29 is 56.2 Å². The van der Waals surface area contributed by atoms with E-state index in [1.165, 1.54) is 109 Å². The molecule has 0 spiro atoms. The summed E-state index contributed by atoms with van der Waals surface area (Å²) in [5.41, 5.74) is 0. The van der Waals surface area contributed by atoms with Crippen molar-refractivity contribution in [2.45, 2.75) is 211 Å². The first kappa shape index (κ1) is 49.9. The van der Waals surface area contributed by atoms with E-state index in [4.69, 9.17) is 23.5 Å². The molecule has 0 bridgehead atoms. The lowest BCUT2D eigenvalue weighted by atomic mass is 9.99. The summed E-state index contributed by atoms with van der Waals surface area (Å²) < 4.78 is 58.8. The van der Waals surface area contributed by atoms with Gasteiger partial charge >= 0.3 is 16.4 Å². The lowest BCUT2D eigenvalue weighted by molar-refractivity contribution is -0.301. The summed E-state index contributed by atoms with van der Waals surface area (Å²) in [6, 6.07) is 0. The van der Waals surface area contributed by atoms with Gasteiger partial charge in [0, 0.05) is 13.0 Å². The Morgan fingerprint density at radius 2 is 1.19 bits per heavy atom. The lowest BCUT2D eigenvalue weighted by Crippen LogP contribution is -2.60. The van der Waals surface area contributed by atoms with Crippen LogP contribution in [0, 0.1) is 0 Å². The van der Waals surface area contributed by atoms with Gasteiger partial charge in [-0.05, 0) is 38.5 Å². The van der Waals surface area contributed by atoms with E-state index in [1.54, 1.807) is 0 Å². The molecule has 314 valence electrons. The van der Waals surface area contributed by atoms with Gasteiger partial charge in [0.1, 0.15) is 30.5 Å². The number of ether oxygens (including phenoxy) is 4. The summed E-state index contributed by atoms with van der Waals surface area (Å²) in [6.45, 7) is 3.94. The number of carbonyl (C=O) groups is 1. The van der Waals surface area contributed by atoms with Crippen LogP contribution in [0.5, 0.6) is 0 Å². The largest absolute Gasteiger partial charge is 0.457 e. The molecule has 0 aromatic rings. The number of unbranched alkanes of at least 4 members (excludes halogenated alkanes) is 21. The number of esters is 1. The van der Waals surface area contributed by atoms with Crippen LogP contribution in [0.2, 0.25) is 0 Å². The van der Waals surface area contributed by atoms with Crippen molar-refractivity contribution in [2.75, 3.05) is 26.4 Å². The van der Waals surface area contributed by atoms with Gasteiger partial charge in [-0.2, -0.15) is 8.42 Å². The molecule has 4 N–H and O–H groups in total. The second-order valence-electron chi connectivity index (χ2n) is 14.6. The van der Waals surface area contributed by atoms with E-state index in [0.29, 0.717) is 13.0 Å². The first-order valence-corrected chi connectivity index (χ1v) is 22.3. The quantitative estimate of drug-likeness (QED) is 0.0209. The lowest BCUT2D eigenvalue weighted by Gasteiger charge is -2.41. The van der Waals surface area contributed by atoms with Crippen LogP contribution < -0.4 is 0 Å². The van der Waals surface area contributed by atoms with E-state index in [0.717, 1.165) is 38.5 Å². The van der Waals surface area contributed by atoms with Crippen molar-refractivity contribution in [3.8, 4) is 0 Å². The van der Waals surface area contributed by atoms with Crippen molar-refractivity contribution in [1.29, 1.82) is 0 Å². The molecule has 53 heavy (non-hydrogen) atoms. The first-order valence-electron chi connectivity index (χ1n) is 20.9. The fraction of sp³-hybridized carbons (Fsp3) is 0.925. The van der Waals surface area contributed by atoms with E-state index < -0.39 is 59.8 Å². The minimum Gasteiger partial charge on any atom is -0.457 e. The number of aliphatic hydroxyl groups excluding tert-OH is 3. The Morgan fingerprint density at radius 3 is 1.70 bits per heavy atom. The van der Waals surface area contributed by atoms with Crippen molar-refractivity contribution in [1.82, 2.24) is 0 Å². The molecule has 1 rings (SSSR count). The predicted octanol–water partition coefficient (Wildman–Crippen LogP) is 7.91. The Balaban J connectivity index is 2.40. The fourth-order valence-electron chi connectivity index (χ4n) is 6.43. The molecule has 0 aliphatic carbocycles. The average Bonchev–Trinajstić information content (AvgIpc) is 3.12. The highest BCUT2D eigenvalue weighted by Gasteiger charge is 2.48. The zero-order valence-electron chi connectivity index (χ0n) is 33.1. The van der Waals surface area contributed by atoms with Gasteiger partial charge in [-0.3, -0.25) is 9.35 Å². The minimum absolute atomic E-state index is 0.0381. The van der Waals surface area contributed by atoms with E-state index >= 15 is 0 Å². The van der Waals surface area contributed by atoms with E-state index in [-0.39, 0.29) is 19.6 Å². The van der Waals surface area contributed by atoms with Crippen molar-refractivity contribution in [2.24, 2.45) is 0 Å². The summed E-state index contributed by atoms with van der Waals surface area (Å²) in [7, 11) is -5.05. The molecule has 1 heterocycles. The van der Waals surface area contributed by atoms with Crippen molar-refractivity contribution in [3.05, 3.63) is 12.2 Å². The Hall–Kier alpha value is -1.16. The third kappa shape index (κ3) is 27.1. The summed E-state index contributed by atoms with van der Waals surface area (Å²) in [4.78, 5) is 12.7. The Kier molecular flexibility index (Phi) is 31.1. The van der Waals surface area contributed by atoms with Crippen LogP contribution in [0.15, 0.2) is 12.2 Å². The average molecular weight is 781 g/mol. The predicted molar refractivity (Wildman–Crippen MR) is 207 cm³/mol. The van der Waals surface area contributed by atoms with Gasteiger partial charge in [0.15, 0.2) is 6.29 Å². The molecule has 0 amide bonds. The van der Waals surface area contributed by atoms with E-state index in [1.807, 2.05) is 0 Å². The zero-order valence-corrected chi connectivity index (χ0v) is 33.9. The van der Waals surface area contributed by atoms with Crippen LogP contribution in [-0.4, -0.2) is 97.5 Å². The molecule has 1 saturated heterocycles. The summed E-state index contributed by atoms with van der Waals surface area (Å²) >= 11 is 0. The molecule has 0 saturated carbocycles. The van der Waals surface area contributed by atoms with Gasteiger partial charge in [-0.1, -0.05) is 142 Å². The smallest absolute Gasteiger partial charge is 0.397 e. The van der Waals surface area contributed by atoms with Crippen molar-refractivity contribution in [3.63, 3.8) is 0 Å². The van der Waals surface area contributed by atoms with Gasteiger partial charge < -0.3 is 34.3 Å². The van der Waals surface area contributed by atoms with Gasteiger partial charge in [-0.25, -0.2) is 4.18 Å². The second kappa shape index (κ2) is 33.0. The third-order valence-corrected chi connectivity index (χ3v) is 10.1. The number of carbonyl (C=O) groups excluding carboxylic acids is 1. The van der Waals surface area contributed by atoms with Crippen LogP contribution >= 0.6 is 0 Å². The molecular weight excluding hydrogens is 704 g/mol. The molecule has 13 heteroatoms. The van der Waals surface area contributed by atoms with Gasteiger partial charge in [0.05, 0.1) is 19.8 Å². The van der Waals surface area contributed by atoms with Crippen LogP contribution in [0.3, 0.4) is 0 Å². The second-order valence-corrected chi connectivity index (χ2v) is 15.6. The zero-order chi connectivity index (χ0) is 39.0. The summed E-state index contributed by atoms with van der Waals surface area (Å²) in [5.74, 6) is -0.404. The standard InChI is InChI=1S/C40H76O12S/c1-3-5-7-9-11-13-14-15-16-17-18-19-20-21-22-24-26-28-30-48-32-34(50-36(42)29-27-25-23-12-10-8-6-4-2)33-49-40-38(44)39(52-53(45,46)47)37(43)35(31-41)51-40/h15-16,34-35,37-41,43-44H,3-14,17-33H2,1-2H3,(H,45,46,47)/b16-15-. The molecule has 12 nitrogen and oxygen atoms in total. The number of rotatable bonds is 36. The third-order valence-electron chi connectivity index (χ3n) is 9.64. The topological polar surface area (TPSA) is 178 Å². The van der Waals surface area contributed by atoms with Crippen LogP contribution in [0.4, 0.5) is 0 Å². The highest BCUT2D eigenvalue weighted by Crippen LogP contribution is 2.26. The molecule has 1 fully saturated rings. The molecular formula is C40H76O12S. The summed E-state index contributed by atoms with van der Waals surface area (Å²) in [6.07, 6.45) is 24.1. The van der Waals surface area contributed by atoms with Crippen LogP contribution in [0.1, 0.15) is 174 Å². The highest BCUT2D eigenvalue weighted by atomic mass is 32.3. The fourth-order valence-corrected chi connectivity index (χ4v) is 6.94. The Morgan fingerprint density at radius 1 is 0.698 bits per heavy atom. The van der Waals surface area contributed by atoms with E-state index in [9.17, 15) is 28.5 Å². The van der Waals surface area contributed by atoms with Gasteiger partial charge in [0.25, 0.3) is 0 Å². The Bertz CT molecular complexity index is 994. The van der Waals surface area contributed by atoms with Crippen LogP contribution in [0.25, 0.3) is 0 Å². The number of aliphatic hydroxyl groups is 3. The number of hydrogen-bond acceptors (Lipinski definition) is 11. The highest BCUT2D eigenvalue weighted by molar-refractivity contribution is 7.80. The van der Waals surface area contributed by atoms with Gasteiger partial charge in [-0.15, -0.1) is 0 Å². The molecule has 6 unspecified atom stereocenters. The molecule has 6 atom stereocenters. The maximum atomic E-state index is 12.7. The maximum absolute atomic E-state index is 12.7. The monoisotopic (exact) mass is 781 g/mol. The molecule has 0 radical (unpaired) electrons. The molecule has 0 aromatic carbocycles. The molecule has 1 aliphatic heterocycles. The first-order chi connectivity index (χ1) is 25.6. The number of allylic oxidation sites excluding steroid dienone is 2. The van der Waals surface area contributed by atoms with Crippen LogP contribution in [-0.2, 0) is 38.3 Å². The minimum atomic E-state index is -5.05. The summed E-state index contributed by atoms with van der Waals surface area (Å²) in [5, 5.41) is 30.5.